The van der Waals surface area contributed by atoms with Gasteiger partial charge in [0, 0.05) is 16.6 Å². The molecule has 32 heavy (non-hydrogen) atoms. The van der Waals surface area contributed by atoms with Gasteiger partial charge < -0.3 is 20.1 Å². The second-order valence-corrected chi connectivity index (χ2v) is 8.54. The van der Waals surface area contributed by atoms with Crippen molar-refractivity contribution in [3.63, 3.8) is 0 Å². The van der Waals surface area contributed by atoms with Crippen LogP contribution in [0.25, 0.3) is 10.1 Å². The molecule has 0 fully saturated rings. The number of hydrogen-bond donors (Lipinski definition) is 2. The van der Waals surface area contributed by atoms with Gasteiger partial charge in [-0.1, -0.05) is 48.0 Å². The monoisotopic (exact) mass is 464 g/mol. The molecule has 0 bridgehead atoms. The molecule has 0 saturated carbocycles. The van der Waals surface area contributed by atoms with E-state index in [0.717, 1.165) is 15.6 Å². The van der Waals surface area contributed by atoms with Crippen molar-refractivity contribution in [1.82, 2.24) is 5.32 Å². The van der Waals surface area contributed by atoms with Crippen molar-refractivity contribution in [2.75, 3.05) is 12.1 Å². The number of fused-ring (bicyclic) bond motifs is 2. The standard InChI is InChI=1S/C24H17ClN2O4S/c25-21-16-6-2-4-8-20(16)32-22(21)24(29)27-17-7-3-1-5-15(17)23(28)26-12-14-9-10-18-19(11-14)31-13-30-18/h1-11H,12-13H2,(H,26,28)(H,27,29). The smallest absolute Gasteiger partial charge is 0.267 e. The molecule has 2 amide bonds. The normalized spacial score (nSPS) is 12.0. The molecule has 2 N–H and O–H groups in total. The lowest BCUT2D eigenvalue weighted by atomic mass is 10.1. The fraction of sp³-hybridized carbons (Fsp3) is 0.0833. The molecule has 160 valence electrons. The van der Waals surface area contributed by atoms with Crippen LogP contribution in [-0.4, -0.2) is 18.6 Å². The number of ether oxygens (including phenoxy) is 2. The molecule has 4 aromatic rings. The van der Waals surface area contributed by atoms with Crippen molar-refractivity contribution in [1.29, 1.82) is 0 Å². The Morgan fingerprint density at radius 2 is 1.72 bits per heavy atom. The number of nitrogens with one attached hydrogen (secondary N) is 2. The molecule has 1 aliphatic heterocycles. The molecular weight excluding hydrogens is 448 g/mol. The van der Waals surface area contributed by atoms with Gasteiger partial charge in [-0.3, -0.25) is 9.59 Å². The Balaban J connectivity index is 1.32. The predicted molar refractivity (Wildman–Crippen MR) is 125 cm³/mol. The fourth-order valence-corrected chi connectivity index (χ4v) is 4.87. The summed E-state index contributed by atoms with van der Waals surface area (Å²) in [5.74, 6) is 0.686. The highest BCUT2D eigenvalue weighted by atomic mass is 35.5. The van der Waals surface area contributed by atoms with E-state index in [1.807, 2.05) is 42.5 Å². The van der Waals surface area contributed by atoms with Gasteiger partial charge in [-0.05, 0) is 35.9 Å². The molecule has 0 atom stereocenters. The van der Waals surface area contributed by atoms with Crippen LogP contribution in [0.2, 0.25) is 5.02 Å². The lowest BCUT2D eigenvalue weighted by Crippen LogP contribution is -2.24. The second kappa shape index (κ2) is 8.53. The van der Waals surface area contributed by atoms with Crippen LogP contribution in [0.1, 0.15) is 25.6 Å². The third kappa shape index (κ3) is 3.88. The van der Waals surface area contributed by atoms with Crippen LogP contribution in [0.5, 0.6) is 11.5 Å². The number of anilines is 1. The third-order valence-corrected chi connectivity index (χ3v) is 6.73. The van der Waals surface area contributed by atoms with Gasteiger partial charge in [0.05, 0.1) is 16.3 Å². The van der Waals surface area contributed by atoms with Gasteiger partial charge in [-0.15, -0.1) is 11.3 Å². The van der Waals surface area contributed by atoms with Crippen molar-refractivity contribution in [2.24, 2.45) is 0 Å². The van der Waals surface area contributed by atoms with E-state index in [2.05, 4.69) is 10.6 Å². The Kier molecular flexibility index (Phi) is 5.43. The zero-order valence-electron chi connectivity index (χ0n) is 16.7. The number of carbonyl (C=O) groups excluding carboxylic acids is 2. The first-order chi connectivity index (χ1) is 15.6. The zero-order valence-corrected chi connectivity index (χ0v) is 18.3. The van der Waals surface area contributed by atoms with Gasteiger partial charge in [-0.2, -0.15) is 0 Å². The molecule has 0 radical (unpaired) electrons. The first-order valence-electron chi connectivity index (χ1n) is 9.84. The summed E-state index contributed by atoms with van der Waals surface area (Å²) in [6.45, 7) is 0.502. The van der Waals surface area contributed by atoms with E-state index in [-0.39, 0.29) is 18.6 Å². The zero-order chi connectivity index (χ0) is 22.1. The molecule has 0 unspecified atom stereocenters. The van der Waals surface area contributed by atoms with Crippen LogP contribution in [0.3, 0.4) is 0 Å². The second-order valence-electron chi connectivity index (χ2n) is 7.11. The van der Waals surface area contributed by atoms with Gasteiger partial charge in [0.2, 0.25) is 6.79 Å². The SMILES string of the molecule is O=C(NCc1ccc2c(c1)OCO2)c1ccccc1NC(=O)c1sc2ccccc2c1Cl. The third-order valence-electron chi connectivity index (χ3n) is 5.05. The Morgan fingerprint density at radius 1 is 0.938 bits per heavy atom. The summed E-state index contributed by atoms with van der Waals surface area (Å²) in [6, 6.07) is 19.9. The number of thiophene rings is 1. The van der Waals surface area contributed by atoms with Gasteiger partial charge in [0.25, 0.3) is 11.8 Å². The van der Waals surface area contributed by atoms with Crippen LogP contribution in [0.15, 0.2) is 66.7 Å². The van der Waals surface area contributed by atoms with Crippen molar-refractivity contribution in [2.45, 2.75) is 6.54 Å². The van der Waals surface area contributed by atoms with Gasteiger partial charge in [0.15, 0.2) is 11.5 Å². The van der Waals surface area contributed by atoms with Crippen molar-refractivity contribution in [3.8, 4) is 11.5 Å². The lowest BCUT2D eigenvalue weighted by Gasteiger charge is -2.11. The number of para-hydroxylation sites is 1. The van der Waals surface area contributed by atoms with E-state index in [9.17, 15) is 9.59 Å². The molecule has 0 aliphatic carbocycles. The minimum Gasteiger partial charge on any atom is -0.454 e. The molecule has 0 saturated heterocycles. The lowest BCUT2D eigenvalue weighted by molar-refractivity contribution is 0.0951. The Hall–Kier alpha value is -3.55. The number of rotatable bonds is 5. The molecule has 0 spiro atoms. The summed E-state index contributed by atoms with van der Waals surface area (Å²) in [7, 11) is 0. The minimum absolute atomic E-state index is 0.196. The maximum atomic E-state index is 12.9. The molecule has 8 heteroatoms. The Morgan fingerprint density at radius 3 is 2.59 bits per heavy atom. The molecule has 3 aromatic carbocycles. The van der Waals surface area contributed by atoms with Crippen LogP contribution in [0.4, 0.5) is 5.69 Å². The first-order valence-corrected chi connectivity index (χ1v) is 11.0. The molecule has 1 aliphatic rings. The number of amides is 2. The molecule has 2 heterocycles. The Bertz CT molecular complexity index is 1350. The summed E-state index contributed by atoms with van der Waals surface area (Å²) in [4.78, 5) is 26.2. The molecule has 5 rings (SSSR count). The molecular formula is C24H17ClN2O4S. The highest BCUT2D eigenvalue weighted by Crippen LogP contribution is 2.36. The fourth-order valence-electron chi connectivity index (χ4n) is 3.46. The number of benzene rings is 3. The highest BCUT2D eigenvalue weighted by molar-refractivity contribution is 7.21. The van der Waals surface area contributed by atoms with Crippen LogP contribution in [0, 0.1) is 0 Å². The van der Waals surface area contributed by atoms with Crippen LogP contribution in [-0.2, 0) is 6.54 Å². The number of hydrogen-bond acceptors (Lipinski definition) is 5. The summed E-state index contributed by atoms with van der Waals surface area (Å²) in [5, 5.41) is 6.96. The van der Waals surface area contributed by atoms with E-state index in [1.165, 1.54) is 11.3 Å². The van der Waals surface area contributed by atoms with E-state index in [0.29, 0.717) is 39.2 Å². The van der Waals surface area contributed by atoms with E-state index in [4.69, 9.17) is 21.1 Å². The van der Waals surface area contributed by atoms with Gasteiger partial charge in [0.1, 0.15) is 4.88 Å². The summed E-state index contributed by atoms with van der Waals surface area (Å²) in [6.07, 6.45) is 0. The van der Waals surface area contributed by atoms with Crippen LogP contribution >= 0.6 is 22.9 Å². The number of halogens is 1. The summed E-state index contributed by atoms with van der Waals surface area (Å²) < 4.78 is 11.6. The highest BCUT2D eigenvalue weighted by Gasteiger charge is 2.20. The van der Waals surface area contributed by atoms with Gasteiger partial charge in [-0.25, -0.2) is 0 Å². The Labute approximate surface area is 192 Å². The van der Waals surface area contributed by atoms with Crippen molar-refractivity contribution in [3.05, 3.63) is 87.8 Å². The molecule has 6 nitrogen and oxygen atoms in total. The summed E-state index contributed by atoms with van der Waals surface area (Å²) >= 11 is 7.75. The molecule has 1 aromatic heterocycles. The summed E-state index contributed by atoms with van der Waals surface area (Å²) in [5.41, 5.74) is 1.65. The maximum Gasteiger partial charge on any atom is 0.267 e. The predicted octanol–water partition coefficient (Wildman–Crippen LogP) is 5.47. The van der Waals surface area contributed by atoms with Gasteiger partial charge >= 0.3 is 0 Å². The average molecular weight is 465 g/mol. The van der Waals surface area contributed by atoms with E-state index >= 15 is 0 Å². The van der Waals surface area contributed by atoms with E-state index in [1.54, 1.807) is 24.3 Å². The minimum atomic E-state index is -0.354. The quantitative estimate of drug-likeness (QED) is 0.411. The first kappa shape index (κ1) is 20.4. The van der Waals surface area contributed by atoms with E-state index < -0.39 is 0 Å². The topological polar surface area (TPSA) is 76.7 Å². The largest absolute Gasteiger partial charge is 0.454 e. The number of carbonyl (C=O) groups is 2. The van der Waals surface area contributed by atoms with Crippen LogP contribution < -0.4 is 20.1 Å². The van der Waals surface area contributed by atoms with Crippen molar-refractivity contribution < 1.29 is 19.1 Å². The maximum absolute atomic E-state index is 12.9. The average Bonchev–Trinajstić information content (AvgIpc) is 3.42. The van der Waals surface area contributed by atoms with Crippen molar-refractivity contribution >= 4 is 50.5 Å².